The highest BCUT2D eigenvalue weighted by Gasteiger charge is 2.46. The minimum Gasteiger partial charge on any atom is -0.310 e. The average Bonchev–Trinajstić information content (AvgIpc) is 3.55. The highest BCUT2D eigenvalue weighted by molar-refractivity contribution is 5.97. The van der Waals surface area contributed by atoms with Gasteiger partial charge in [0.2, 0.25) is 0 Å². The molecule has 1 aliphatic carbocycles. The van der Waals surface area contributed by atoms with Gasteiger partial charge in [0.05, 0.1) is 22.3 Å². The summed E-state index contributed by atoms with van der Waals surface area (Å²) in [6.07, 6.45) is 0. The second-order valence-corrected chi connectivity index (χ2v) is 13.9. The number of aromatic nitrogens is 1. The molecule has 8 aromatic carbocycles. The van der Waals surface area contributed by atoms with Gasteiger partial charge in [-0.3, -0.25) is 0 Å². The number of pyridine rings is 1. The Bertz CT molecular complexity index is 2720. The van der Waals surface area contributed by atoms with Crippen LogP contribution in [-0.4, -0.2) is 4.98 Å². The van der Waals surface area contributed by atoms with Crippen LogP contribution >= 0.6 is 0 Å². The second-order valence-electron chi connectivity index (χ2n) is 13.9. The second kappa shape index (κ2) is 13.2. The zero-order chi connectivity index (χ0) is 35.9. The number of benzene rings is 8. The Morgan fingerprint density at radius 2 is 0.926 bits per heavy atom. The maximum absolute atomic E-state index is 5.41. The van der Waals surface area contributed by atoms with E-state index >= 15 is 0 Å². The van der Waals surface area contributed by atoms with Crippen LogP contribution in [0.4, 0.5) is 17.1 Å². The van der Waals surface area contributed by atoms with Crippen molar-refractivity contribution in [3.63, 3.8) is 0 Å². The van der Waals surface area contributed by atoms with Crippen LogP contribution in [0.15, 0.2) is 218 Å². The summed E-state index contributed by atoms with van der Waals surface area (Å²) in [6, 6.07) is 78.8. The smallest absolute Gasteiger partial charge is 0.0809 e. The fraction of sp³-hybridized carbons (Fsp3) is 0.0192. The van der Waals surface area contributed by atoms with Crippen molar-refractivity contribution in [3.05, 3.63) is 241 Å². The molecule has 0 atom stereocenters. The Balaban J connectivity index is 1.25. The predicted octanol–water partition coefficient (Wildman–Crippen LogP) is 13.4. The van der Waals surface area contributed by atoms with E-state index in [0.717, 1.165) is 50.3 Å². The van der Waals surface area contributed by atoms with Gasteiger partial charge in [-0.05, 0) is 81.4 Å². The number of rotatable bonds is 7. The summed E-state index contributed by atoms with van der Waals surface area (Å²) in [5.74, 6) is 0. The van der Waals surface area contributed by atoms with Gasteiger partial charge in [-0.25, -0.2) is 4.98 Å². The molecule has 0 unspecified atom stereocenters. The van der Waals surface area contributed by atoms with E-state index in [1.54, 1.807) is 0 Å². The zero-order valence-corrected chi connectivity index (χ0v) is 29.7. The molecule has 0 spiro atoms. The van der Waals surface area contributed by atoms with E-state index in [-0.39, 0.29) is 0 Å². The Kier molecular flexibility index (Phi) is 7.74. The zero-order valence-electron chi connectivity index (χ0n) is 29.7. The molecule has 2 heteroatoms. The van der Waals surface area contributed by atoms with Crippen LogP contribution in [0.1, 0.15) is 22.3 Å². The lowest BCUT2D eigenvalue weighted by molar-refractivity contribution is 0.768. The Hall–Kier alpha value is -7.03. The molecule has 10 rings (SSSR count). The summed E-state index contributed by atoms with van der Waals surface area (Å²) in [5, 5.41) is 1.12. The lowest BCUT2D eigenvalue weighted by Crippen LogP contribution is -2.28. The minimum atomic E-state index is -0.507. The van der Waals surface area contributed by atoms with Crippen LogP contribution in [0.25, 0.3) is 44.4 Å². The summed E-state index contributed by atoms with van der Waals surface area (Å²) >= 11 is 0. The Morgan fingerprint density at radius 1 is 0.370 bits per heavy atom. The minimum absolute atomic E-state index is 0.507. The van der Waals surface area contributed by atoms with Gasteiger partial charge >= 0.3 is 0 Å². The van der Waals surface area contributed by atoms with Crippen molar-refractivity contribution in [2.45, 2.75) is 5.41 Å². The fourth-order valence-electron chi connectivity index (χ4n) is 8.60. The number of hydrogen-bond donors (Lipinski definition) is 0. The number of para-hydroxylation sites is 3. The summed E-state index contributed by atoms with van der Waals surface area (Å²) in [7, 11) is 0. The highest BCUT2D eigenvalue weighted by Crippen LogP contribution is 2.57. The summed E-state index contributed by atoms with van der Waals surface area (Å²) in [5.41, 5.74) is 15.5. The van der Waals surface area contributed by atoms with Gasteiger partial charge in [0.15, 0.2) is 0 Å². The third kappa shape index (κ3) is 5.07. The first-order valence-electron chi connectivity index (χ1n) is 18.6. The van der Waals surface area contributed by atoms with E-state index in [2.05, 4.69) is 223 Å². The molecule has 0 amide bonds. The molecule has 9 aromatic rings. The fourth-order valence-corrected chi connectivity index (χ4v) is 8.60. The normalized spacial score (nSPS) is 12.6. The molecule has 2 nitrogen and oxygen atoms in total. The Morgan fingerprint density at radius 3 is 1.65 bits per heavy atom. The molecule has 0 radical (unpaired) electrons. The molecule has 1 heterocycles. The van der Waals surface area contributed by atoms with E-state index in [0.29, 0.717) is 0 Å². The number of anilines is 3. The van der Waals surface area contributed by atoms with E-state index in [1.807, 2.05) is 0 Å². The molecule has 1 aromatic heterocycles. The van der Waals surface area contributed by atoms with Crippen molar-refractivity contribution in [1.29, 1.82) is 0 Å². The topological polar surface area (TPSA) is 16.1 Å². The van der Waals surface area contributed by atoms with Gasteiger partial charge in [-0.1, -0.05) is 176 Å². The van der Waals surface area contributed by atoms with Crippen LogP contribution in [0.2, 0.25) is 0 Å². The first-order valence-corrected chi connectivity index (χ1v) is 18.6. The molecule has 0 fully saturated rings. The van der Waals surface area contributed by atoms with Crippen LogP contribution < -0.4 is 4.90 Å². The summed E-state index contributed by atoms with van der Waals surface area (Å²) in [6.45, 7) is 0. The van der Waals surface area contributed by atoms with Crippen LogP contribution in [0.5, 0.6) is 0 Å². The van der Waals surface area contributed by atoms with E-state index in [4.69, 9.17) is 4.98 Å². The monoisotopic (exact) mass is 688 g/mol. The van der Waals surface area contributed by atoms with E-state index < -0.39 is 5.41 Å². The molecule has 0 saturated heterocycles. The summed E-state index contributed by atoms with van der Waals surface area (Å²) < 4.78 is 0. The first-order chi connectivity index (χ1) is 26.8. The number of hydrogen-bond acceptors (Lipinski definition) is 2. The van der Waals surface area contributed by atoms with Gasteiger partial charge < -0.3 is 4.90 Å². The molecule has 54 heavy (non-hydrogen) atoms. The van der Waals surface area contributed by atoms with Crippen molar-refractivity contribution in [2.24, 2.45) is 0 Å². The largest absolute Gasteiger partial charge is 0.310 e. The van der Waals surface area contributed by atoms with Gasteiger partial charge in [0.25, 0.3) is 0 Å². The quantitative estimate of drug-likeness (QED) is 0.166. The number of fused-ring (bicyclic) bond motifs is 4. The molecular weight excluding hydrogens is 653 g/mol. The van der Waals surface area contributed by atoms with Gasteiger partial charge in [-0.2, -0.15) is 0 Å². The van der Waals surface area contributed by atoms with Crippen molar-refractivity contribution < 1.29 is 0 Å². The molecule has 1 aliphatic rings. The van der Waals surface area contributed by atoms with Gasteiger partial charge in [0, 0.05) is 27.9 Å². The SMILES string of the molecule is c1ccc(-c2cc3ccccc3nc2-c2ccccc2N(c2ccccc2)c2ccc3c(c2)C(c2ccccc2)(c2ccccc2)c2ccccc2-3)cc1. The standard InChI is InChI=1S/C52H36N2/c1-5-19-37(20-6-1)46-35-38-21-13-17-31-49(38)53-51(46)45-29-15-18-32-50(45)54(41-26-11-4-12-27-41)42-33-34-44-43-28-14-16-30-47(43)52(48(44)36-42,39-22-7-2-8-23-39)40-24-9-3-10-25-40/h1-36H. The van der Waals surface area contributed by atoms with Crippen molar-refractivity contribution in [1.82, 2.24) is 4.98 Å². The van der Waals surface area contributed by atoms with Crippen LogP contribution in [-0.2, 0) is 5.41 Å². The van der Waals surface area contributed by atoms with Crippen LogP contribution in [0, 0.1) is 0 Å². The lowest BCUT2D eigenvalue weighted by Gasteiger charge is -2.35. The lowest BCUT2D eigenvalue weighted by atomic mass is 9.67. The van der Waals surface area contributed by atoms with Gasteiger partial charge in [0.1, 0.15) is 0 Å². The highest BCUT2D eigenvalue weighted by atomic mass is 15.1. The molecule has 0 N–H and O–H groups in total. The van der Waals surface area contributed by atoms with E-state index in [1.165, 1.54) is 33.4 Å². The van der Waals surface area contributed by atoms with Crippen LogP contribution in [0.3, 0.4) is 0 Å². The maximum Gasteiger partial charge on any atom is 0.0809 e. The molecule has 0 saturated carbocycles. The third-order valence-corrected chi connectivity index (χ3v) is 10.9. The number of nitrogens with zero attached hydrogens (tertiary/aromatic N) is 2. The average molecular weight is 689 g/mol. The van der Waals surface area contributed by atoms with Crippen molar-refractivity contribution in [2.75, 3.05) is 4.90 Å². The third-order valence-electron chi connectivity index (χ3n) is 10.9. The summed E-state index contributed by atoms with van der Waals surface area (Å²) in [4.78, 5) is 7.82. The maximum atomic E-state index is 5.41. The molecular formula is C52H36N2. The van der Waals surface area contributed by atoms with Crippen molar-refractivity contribution in [3.8, 4) is 33.5 Å². The predicted molar refractivity (Wildman–Crippen MR) is 225 cm³/mol. The molecule has 0 aliphatic heterocycles. The van der Waals surface area contributed by atoms with Gasteiger partial charge in [-0.15, -0.1) is 0 Å². The first kappa shape index (κ1) is 31.7. The van der Waals surface area contributed by atoms with Crippen molar-refractivity contribution >= 4 is 28.0 Å². The molecule has 0 bridgehead atoms. The van der Waals surface area contributed by atoms with E-state index in [9.17, 15) is 0 Å². The Labute approximate surface area is 316 Å². The molecule has 254 valence electrons.